The average Bonchev–Trinajstić information content (AvgIpc) is 3.33. The van der Waals surface area contributed by atoms with Gasteiger partial charge < -0.3 is 10.7 Å². The third-order valence-corrected chi connectivity index (χ3v) is 3.58. The number of nitrogens with two attached hydrogens (primary N) is 1. The molecule has 1 heterocycles. The van der Waals surface area contributed by atoms with Crippen LogP contribution in [-0.2, 0) is 6.54 Å². The van der Waals surface area contributed by atoms with Gasteiger partial charge in [-0.05, 0) is 30.5 Å². The second kappa shape index (κ2) is 5.83. The predicted molar refractivity (Wildman–Crippen MR) is 80.6 cm³/mol. The third kappa shape index (κ3) is 3.40. The Morgan fingerprint density at radius 3 is 2.67 bits per heavy atom. The van der Waals surface area contributed by atoms with E-state index in [0.29, 0.717) is 24.1 Å². The van der Waals surface area contributed by atoms with E-state index in [2.05, 4.69) is 20.7 Å². The van der Waals surface area contributed by atoms with Crippen molar-refractivity contribution >= 4 is 23.2 Å². The Labute approximate surface area is 126 Å². The first kappa shape index (κ1) is 14.0. The topological polar surface area (TPSA) is 75.9 Å². The van der Waals surface area contributed by atoms with Crippen molar-refractivity contribution in [3.63, 3.8) is 0 Å². The summed E-state index contributed by atoms with van der Waals surface area (Å²) < 4.78 is 13.1. The maximum atomic E-state index is 13.1. The number of nitrogens with one attached hydrogen (secondary N) is 2. The normalized spacial score (nSPS) is 14.0. The van der Waals surface area contributed by atoms with Gasteiger partial charge in [-0.15, -0.1) is 0 Å². The lowest BCUT2D eigenvalue weighted by Crippen LogP contribution is -2.12. The molecule has 2 aromatic rings. The Morgan fingerprint density at radius 1 is 1.24 bits per heavy atom. The quantitative estimate of drug-likeness (QED) is 0.585. The molecule has 0 spiro atoms. The minimum atomic E-state index is -0.423. The van der Waals surface area contributed by atoms with E-state index in [-0.39, 0.29) is 5.02 Å². The number of hydrazine groups is 1. The van der Waals surface area contributed by atoms with E-state index in [1.54, 1.807) is 18.2 Å². The second-order valence-electron chi connectivity index (χ2n) is 5.02. The summed E-state index contributed by atoms with van der Waals surface area (Å²) in [5, 5.41) is 3.29. The fourth-order valence-electron chi connectivity index (χ4n) is 2.00. The highest BCUT2D eigenvalue weighted by atomic mass is 35.5. The second-order valence-corrected chi connectivity index (χ2v) is 5.42. The third-order valence-electron chi connectivity index (χ3n) is 3.29. The van der Waals surface area contributed by atoms with E-state index in [0.717, 1.165) is 24.2 Å². The Hall–Kier alpha value is -1.92. The maximum Gasteiger partial charge on any atom is 0.145 e. The highest BCUT2D eigenvalue weighted by Gasteiger charge is 2.27. The van der Waals surface area contributed by atoms with Gasteiger partial charge in [0.2, 0.25) is 0 Å². The van der Waals surface area contributed by atoms with Crippen molar-refractivity contribution in [1.29, 1.82) is 0 Å². The molecule has 1 saturated carbocycles. The lowest BCUT2D eigenvalue weighted by Gasteiger charge is -2.10. The number of benzene rings is 1. The number of anilines is 2. The van der Waals surface area contributed by atoms with E-state index in [1.165, 1.54) is 6.07 Å². The van der Waals surface area contributed by atoms with Crippen LogP contribution in [0.3, 0.4) is 0 Å². The van der Waals surface area contributed by atoms with Crippen LogP contribution in [0, 0.1) is 5.82 Å². The van der Waals surface area contributed by atoms with Gasteiger partial charge in [0.15, 0.2) is 0 Å². The number of hydrogen-bond donors (Lipinski definition) is 3. The average molecular weight is 308 g/mol. The Balaban J connectivity index is 1.74. The largest absolute Gasteiger partial charge is 0.366 e. The number of hydrogen-bond acceptors (Lipinski definition) is 5. The minimum absolute atomic E-state index is 0.111. The number of aromatic nitrogens is 2. The molecule has 3 rings (SSSR count). The van der Waals surface area contributed by atoms with E-state index < -0.39 is 5.82 Å². The van der Waals surface area contributed by atoms with Crippen molar-refractivity contribution in [1.82, 2.24) is 9.97 Å². The monoisotopic (exact) mass is 307 g/mol. The van der Waals surface area contributed by atoms with Gasteiger partial charge in [-0.2, -0.15) is 0 Å². The van der Waals surface area contributed by atoms with Crippen LogP contribution in [0.25, 0.3) is 0 Å². The molecule has 1 aliphatic rings. The first-order chi connectivity index (χ1) is 10.2. The molecule has 0 atom stereocenters. The van der Waals surface area contributed by atoms with Crippen LogP contribution in [0.5, 0.6) is 0 Å². The highest BCUT2D eigenvalue weighted by molar-refractivity contribution is 6.30. The molecule has 0 aliphatic heterocycles. The maximum absolute atomic E-state index is 13.1. The molecule has 21 heavy (non-hydrogen) atoms. The fourth-order valence-corrected chi connectivity index (χ4v) is 2.20. The molecule has 1 aromatic carbocycles. The van der Waals surface area contributed by atoms with Crippen molar-refractivity contribution in [2.24, 2.45) is 5.84 Å². The van der Waals surface area contributed by atoms with Gasteiger partial charge >= 0.3 is 0 Å². The van der Waals surface area contributed by atoms with Crippen molar-refractivity contribution in [3.8, 4) is 0 Å². The van der Waals surface area contributed by atoms with Crippen molar-refractivity contribution in [3.05, 3.63) is 46.5 Å². The van der Waals surface area contributed by atoms with Gasteiger partial charge in [0, 0.05) is 18.5 Å². The zero-order valence-electron chi connectivity index (χ0n) is 11.2. The molecule has 110 valence electrons. The van der Waals surface area contributed by atoms with Gasteiger partial charge in [-0.25, -0.2) is 20.2 Å². The van der Waals surface area contributed by atoms with Gasteiger partial charge in [-0.3, -0.25) is 0 Å². The summed E-state index contributed by atoms with van der Waals surface area (Å²) in [6.45, 7) is 0.491. The number of halogens is 2. The molecule has 4 N–H and O–H groups in total. The summed E-state index contributed by atoms with van der Waals surface area (Å²) in [5.41, 5.74) is 3.41. The molecule has 5 nitrogen and oxygen atoms in total. The Bertz CT molecular complexity index is 660. The van der Waals surface area contributed by atoms with Gasteiger partial charge in [-0.1, -0.05) is 17.7 Å². The molecule has 1 fully saturated rings. The van der Waals surface area contributed by atoms with Crippen LogP contribution < -0.4 is 16.6 Å². The smallest absolute Gasteiger partial charge is 0.145 e. The van der Waals surface area contributed by atoms with Crippen LogP contribution in [0.15, 0.2) is 24.3 Å². The summed E-state index contributed by atoms with van der Waals surface area (Å²) in [6, 6.07) is 6.35. The van der Waals surface area contributed by atoms with E-state index in [1.807, 2.05) is 0 Å². The first-order valence-corrected chi connectivity index (χ1v) is 7.07. The molecule has 0 saturated heterocycles. The molecular weight excluding hydrogens is 293 g/mol. The number of rotatable bonds is 5. The predicted octanol–water partition coefficient (Wildman–Crippen LogP) is 3.04. The lowest BCUT2D eigenvalue weighted by molar-refractivity contribution is 0.627. The van der Waals surface area contributed by atoms with E-state index in [9.17, 15) is 4.39 Å². The Kier molecular flexibility index (Phi) is 3.90. The van der Waals surface area contributed by atoms with Crippen molar-refractivity contribution < 1.29 is 4.39 Å². The van der Waals surface area contributed by atoms with Crippen LogP contribution in [0.4, 0.5) is 16.0 Å². The summed E-state index contributed by atoms with van der Waals surface area (Å²) in [5.74, 6) is 7.48. The van der Waals surface area contributed by atoms with E-state index >= 15 is 0 Å². The van der Waals surface area contributed by atoms with Crippen molar-refractivity contribution in [2.75, 3.05) is 10.7 Å². The van der Waals surface area contributed by atoms with Crippen LogP contribution in [-0.4, -0.2) is 9.97 Å². The summed E-state index contributed by atoms with van der Waals surface area (Å²) >= 11 is 5.76. The summed E-state index contributed by atoms with van der Waals surface area (Å²) in [7, 11) is 0. The van der Waals surface area contributed by atoms with Crippen molar-refractivity contribution in [2.45, 2.75) is 25.3 Å². The molecule has 0 radical (unpaired) electrons. The molecule has 0 amide bonds. The molecule has 7 heteroatoms. The standard InChI is InChI=1S/C14H15ClFN5/c15-10-5-8(1-4-11(10)16)7-18-12-6-13(21-17)20-14(19-12)9-2-3-9/h1,4-6,9H,2-3,7,17H2,(H2,18,19,20,21). The SMILES string of the molecule is NNc1cc(NCc2ccc(F)c(Cl)c2)nc(C2CC2)n1. The van der Waals surface area contributed by atoms with Gasteiger partial charge in [0.25, 0.3) is 0 Å². The lowest BCUT2D eigenvalue weighted by atomic mass is 10.2. The Morgan fingerprint density at radius 2 is 2.00 bits per heavy atom. The molecule has 1 aliphatic carbocycles. The molecule has 0 bridgehead atoms. The zero-order valence-corrected chi connectivity index (χ0v) is 12.0. The molecule has 1 aromatic heterocycles. The summed E-state index contributed by atoms with van der Waals surface area (Å²) in [4.78, 5) is 8.81. The van der Waals surface area contributed by atoms with Crippen LogP contribution in [0.1, 0.15) is 30.1 Å². The van der Waals surface area contributed by atoms with E-state index in [4.69, 9.17) is 17.4 Å². The zero-order chi connectivity index (χ0) is 14.8. The fraction of sp³-hybridized carbons (Fsp3) is 0.286. The van der Waals surface area contributed by atoms with Crippen LogP contribution >= 0.6 is 11.6 Å². The molecular formula is C14H15ClFN5. The minimum Gasteiger partial charge on any atom is -0.366 e. The first-order valence-electron chi connectivity index (χ1n) is 6.69. The number of nitrogen functional groups attached to an aromatic ring is 1. The van der Waals surface area contributed by atoms with Crippen LogP contribution in [0.2, 0.25) is 5.02 Å². The van der Waals surface area contributed by atoms with Gasteiger partial charge in [0.05, 0.1) is 5.02 Å². The number of nitrogens with zero attached hydrogens (tertiary/aromatic N) is 2. The summed E-state index contributed by atoms with van der Waals surface area (Å²) in [6.07, 6.45) is 2.22. The molecule has 0 unspecified atom stereocenters. The highest BCUT2D eigenvalue weighted by Crippen LogP contribution is 2.38. The van der Waals surface area contributed by atoms with Gasteiger partial charge in [0.1, 0.15) is 23.3 Å².